The van der Waals surface area contributed by atoms with Gasteiger partial charge in [0.05, 0.1) is 0 Å². The fraction of sp³-hybridized carbons (Fsp3) is 0.565. The lowest BCUT2D eigenvalue weighted by atomic mass is 9.75. The quantitative estimate of drug-likeness (QED) is 0.652. The van der Waals surface area contributed by atoms with Crippen molar-refractivity contribution in [2.24, 2.45) is 5.92 Å². The van der Waals surface area contributed by atoms with Gasteiger partial charge >= 0.3 is 6.03 Å². The number of nitrogens with zero attached hydrogens (tertiary/aromatic N) is 2. The van der Waals surface area contributed by atoms with E-state index in [1.165, 1.54) is 0 Å². The highest BCUT2D eigenvalue weighted by Gasteiger charge is 2.52. The van der Waals surface area contributed by atoms with Crippen molar-refractivity contribution in [3.63, 3.8) is 0 Å². The van der Waals surface area contributed by atoms with Crippen molar-refractivity contribution in [3.8, 4) is 0 Å². The molecular formula is C23H32N4O4. The van der Waals surface area contributed by atoms with Gasteiger partial charge in [-0.05, 0) is 63.8 Å². The molecule has 0 bridgehead atoms. The minimum absolute atomic E-state index is 0.0655. The first-order valence-electron chi connectivity index (χ1n) is 11.1. The van der Waals surface area contributed by atoms with Crippen LogP contribution in [-0.4, -0.2) is 58.7 Å². The predicted molar refractivity (Wildman–Crippen MR) is 118 cm³/mol. The largest absolute Gasteiger partial charge is 0.339 e. The summed E-state index contributed by atoms with van der Waals surface area (Å²) >= 11 is 0. The van der Waals surface area contributed by atoms with E-state index < -0.39 is 17.5 Å². The Kier molecular flexibility index (Phi) is 6.97. The maximum Gasteiger partial charge on any atom is 0.325 e. The second kappa shape index (κ2) is 9.49. The van der Waals surface area contributed by atoms with E-state index in [1.54, 1.807) is 36.1 Å². The molecule has 1 aliphatic carbocycles. The minimum atomic E-state index is -0.940. The SMILES string of the molecule is CCN(CC)C(=O)c1ccc(NC(=O)CN2C(=O)N[C@@](C)(C3CCCCC3)C2=O)cc1. The van der Waals surface area contributed by atoms with E-state index in [0.717, 1.165) is 37.0 Å². The Morgan fingerprint density at radius 3 is 2.29 bits per heavy atom. The summed E-state index contributed by atoms with van der Waals surface area (Å²) in [5.74, 6) is -0.759. The molecule has 2 fully saturated rings. The summed E-state index contributed by atoms with van der Waals surface area (Å²) in [5, 5.41) is 5.53. The van der Waals surface area contributed by atoms with Crippen molar-refractivity contribution >= 4 is 29.4 Å². The van der Waals surface area contributed by atoms with Crippen LogP contribution in [0.25, 0.3) is 0 Å². The summed E-state index contributed by atoms with van der Waals surface area (Å²) in [6.07, 6.45) is 5.07. The number of imide groups is 1. The molecule has 168 valence electrons. The smallest absolute Gasteiger partial charge is 0.325 e. The summed E-state index contributed by atoms with van der Waals surface area (Å²) in [5.41, 5.74) is 0.103. The number of benzene rings is 1. The Balaban J connectivity index is 1.61. The molecule has 0 aromatic heterocycles. The van der Waals surface area contributed by atoms with Gasteiger partial charge < -0.3 is 15.5 Å². The second-order valence-electron chi connectivity index (χ2n) is 8.46. The van der Waals surface area contributed by atoms with Crippen molar-refractivity contribution in [2.75, 3.05) is 25.0 Å². The van der Waals surface area contributed by atoms with Crippen LogP contribution in [0.2, 0.25) is 0 Å². The third kappa shape index (κ3) is 4.73. The fourth-order valence-electron chi connectivity index (χ4n) is 4.55. The van der Waals surface area contributed by atoms with E-state index in [1.807, 2.05) is 13.8 Å². The maximum absolute atomic E-state index is 13.0. The van der Waals surface area contributed by atoms with Crippen LogP contribution in [0, 0.1) is 5.92 Å². The van der Waals surface area contributed by atoms with E-state index in [4.69, 9.17) is 0 Å². The van der Waals surface area contributed by atoms with Crippen molar-refractivity contribution in [1.82, 2.24) is 15.1 Å². The standard InChI is InChI=1S/C23H32N4O4/c1-4-26(5-2)20(29)16-11-13-18(14-12-16)24-19(28)15-27-21(30)23(3,25-22(27)31)17-9-7-6-8-10-17/h11-14,17H,4-10,15H2,1-3H3,(H,24,28)(H,25,31)/t23-/m0/s1. The Hall–Kier alpha value is -2.90. The van der Waals surface area contributed by atoms with Crippen LogP contribution in [0.15, 0.2) is 24.3 Å². The molecule has 2 N–H and O–H groups in total. The number of urea groups is 1. The van der Waals surface area contributed by atoms with Gasteiger partial charge in [0.1, 0.15) is 12.1 Å². The van der Waals surface area contributed by atoms with Gasteiger partial charge in [-0.1, -0.05) is 19.3 Å². The third-order valence-electron chi connectivity index (χ3n) is 6.49. The van der Waals surface area contributed by atoms with Crippen LogP contribution < -0.4 is 10.6 Å². The van der Waals surface area contributed by atoms with Gasteiger partial charge in [0.2, 0.25) is 5.91 Å². The van der Waals surface area contributed by atoms with Gasteiger partial charge in [-0.3, -0.25) is 19.3 Å². The molecule has 1 aromatic rings. The molecule has 1 aromatic carbocycles. The molecule has 1 aliphatic heterocycles. The average molecular weight is 429 g/mol. The summed E-state index contributed by atoms with van der Waals surface area (Å²) in [6, 6.07) is 6.08. The molecule has 2 aliphatic rings. The number of hydrogen-bond donors (Lipinski definition) is 2. The third-order valence-corrected chi connectivity index (χ3v) is 6.49. The zero-order valence-corrected chi connectivity index (χ0v) is 18.6. The predicted octanol–water partition coefficient (Wildman–Crippen LogP) is 3.00. The maximum atomic E-state index is 13.0. The number of anilines is 1. The van der Waals surface area contributed by atoms with Crippen LogP contribution in [0.1, 0.15) is 63.2 Å². The number of nitrogens with one attached hydrogen (secondary N) is 2. The molecular weight excluding hydrogens is 396 g/mol. The van der Waals surface area contributed by atoms with Crippen molar-refractivity contribution in [1.29, 1.82) is 0 Å². The van der Waals surface area contributed by atoms with Crippen molar-refractivity contribution in [2.45, 2.75) is 58.4 Å². The molecule has 0 unspecified atom stereocenters. The van der Waals surface area contributed by atoms with E-state index >= 15 is 0 Å². The van der Waals surface area contributed by atoms with Gasteiger partial charge in [0, 0.05) is 24.3 Å². The van der Waals surface area contributed by atoms with Gasteiger partial charge in [0.25, 0.3) is 11.8 Å². The van der Waals surface area contributed by atoms with Crippen LogP contribution >= 0.6 is 0 Å². The molecule has 0 radical (unpaired) electrons. The number of carbonyl (C=O) groups excluding carboxylic acids is 4. The number of rotatable bonds is 7. The molecule has 31 heavy (non-hydrogen) atoms. The van der Waals surface area contributed by atoms with Gasteiger partial charge in [-0.2, -0.15) is 0 Å². The van der Waals surface area contributed by atoms with Crippen LogP contribution in [0.4, 0.5) is 10.5 Å². The lowest BCUT2D eigenvalue weighted by Gasteiger charge is -2.34. The molecule has 1 heterocycles. The van der Waals surface area contributed by atoms with Gasteiger partial charge in [-0.15, -0.1) is 0 Å². The van der Waals surface area contributed by atoms with Gasteiger partial charge in [0.15, 0.2) is 0 Å². The Bertz CT molecular complexity index is 844. The van der Waals surface area contributed by atoms with E-state index in [9.17, 15) is 19.2 Å². The highest BCUT2D eigenvalue weighted by Crippen LogP contribution is 2.36. The lowest BCUT2D eigenvalue weighted by molar-refractivity contribution is -0.135. The monoisotopic (exact) mass is 428 g/mol. The van der Waals surface area contributed by atoms with Gasteiger partial charge in [-0.25, -0.2) is 4.79 Å². The average Bonchev–Trinajstić information content (AvgIpc) is 2.99. The summed E-state index contributed by atoms with van der Waals surface area (Å²) < 4.78 is 0. The normalized spacial score (nSPS) is 21.7. The van der Waals surface area contributed by atoms with Crippen LogP contribution in [0.5, 0.6) is 0 Å². The highest BCUT2D eigenvalue weighted by atomic mass is 16.2. The number of hydrogen-bond acceptors (Lipinski definition) is 4. The molecule has 3 rings (SSSR count). The molecule has 1 saturated heterocycles. The molecule has 1 saturated carbocycles. The topological polar surface area (TPSA) is 98.8 Å². The molecule has 5 amide bonds. The Morgan fingerprint density at radius 2 is 1.71 bits per heavy atom. The van der Waals surface area contributed by atoms with Crippen molar-refractivity contribution < 1.29 is 19.2 Å². The second-order valence-corrected chi connectivity index (χ2v) is 8.46. The minimum Gasteiger partial charge on any atom is -0.339 e. The van der Waals surface area contributed by atoms with Crippen LogP contribution in [-0.2, 0) is 9.59 Å². The van der Waals surface area contributed by atoms with E-state index in [-0.39, 0.29) is 24.3 Å². The zero-order valence-electron chi connectivity index (χ0n) is 18.6. The molecule has 0 spiro atoms. The number of amides is 5. The fourth-order valence-corrected chi connectivity index (χ4v) is 4.55. The Morgan fingerprint density at radius 1 is 1.10 bits per heavy atom. The first-order valence-corrected chi connectivity index (χ1v) is 11.1. The zero-order chi connectivity index (χ0) is 22.6. The first kappa shape index (κ1) is 22.8. The summed E-state index contributed by atoms with van der Waals surface area (Å²) in [7, 11) is 0. The Labute approximate surface area is 183 Å². The van der Waals surface area contributed by atoms with E-state index in [0.29, 0.717) is 24.3 Å². The summed E-state index contributed by atoms with van der Waals surface area (Å²) in [4.78, 5) is 53.0. The van der Waals surface area contributed by atoms with E-state index in [2.05, 4.69) is 10.6 Å². The molecule has 1 atom stereocenters. The first-order chi connectivity index (χ1) is 14.8. The van der Waals surface area contributed by atoms with Crippen LogP contribution in [0.3, 0.4) is 0 Å². The summed E-state index contributed by atoms with van der Waals surface area (Å²) in [6.45, 7) is 6.52. The van der Waals surface area contributed by atoms with Crippen molar-refractivity contribution in [3.05, 3.63) is 29.8 Å². The number of carbonyl (C=O) groups is 4. The molecule has 8 nitrogen and oxygen atoms in total. The lowest BCUT2D eigenvalue weighted by Crippen LogP contribution is -2.51. The molecule has 8 heteroatoms. The highest BCUT2D eigenvalue weighted by molar-refractivity contribution is 6.10.